The third kappa shape index (κ3) is 3.17. The van der Waals surface area contributed by atoms with Crippen LogP contribution in [0.4, 0.5) is 11.6 Å². The molecule has 0 spiro atoms. The molecule has 0 aliphatic carbocycles. The van der Waals surface area contributed by atoms with Crippen molar-refractivity contribution in [3.63, 3.8) is 0 Å². The van der Waals surface area contributed by atoms with Gasteiger partial charge in [-0.1, -0.05) is 12.1 Å². The number of nitrogens with one attached hydrogen (secondary N) is 2. The second-order valence-corrected chi connectivity index (χ2v) is 4.78. The van der Waals surface area contributed by atoms with E-state index in [0.29, 0.717) is 11.5 Å². The van der Waals surface area contributed by atoms with E-state index < -0.39 is 0 Å². The van der Waals surface area contributed by atoms with Crippen LogP contribution in [-0.4, -0.2) is 42.1 Å². The standard InChI is InChI=1S/C15H17N5O/c21-14(19-15-17-6-3-7-18-15)12-4-1-2-5-13(12)20-10-8-16-9-11-20/h1-7,16H,8-11H2,(H,17,18,19,21). The molecule has 0 unspecified atom stereocenters. The minimum atomic E-state index is -0.185. The van der Waals surface area contributed by atoms with Crippen LogP contribution in [0, 0.1) is 0 Å². The van der Waals surface area contributed by atoms with Gasteiger partial charge in [0.05, 0.1) is 5.56 Å². The molecule has 0 saturated carbocycles. The third-order valence-corrected chi connectivity index (χ3v) is 3.40. The lowest BCUT2D eigenvalue weighted by molar-refractivity contribution is 0.102. The Balaban J connectivity index is 1.82. The number of amides is 1. The summed E-state index contributed by atoms with van der Waals surface area (Å²) in [6, 6.07) is 9.34. The summed E-state index contributed by atoms with van der Waals surface area (Å²) in [6.07, 6.45) is 3.20. The highest BCUT2D eigenvalue weighted by atomic mass is 16.1. The van der Waals surface area contributed by atoms with E-state index in [9.17, 15) is 4.79 Å². The molecular weight excluding hydrogens is 266 g/mol. The van der Waals surface area contributed by atoms with E-state index in [1.165, 1.54) is 0 Å². The highest BCUT2D eigenvalue weighted by Gasteiger charge is 2.18. The summed E-state index contributed by atoms with van der Waals surface area (Å²) >= 11 is 0. The van der Waals surface area contributed by atoms with Gasteiger partial charge in [0, 0.05) is 44.3 Å². The van der Waals surface area contributed by atoms with Gasteiger partial charge in [0.25, 0.3) is 5.91 Å². The Bertz CT molecular complexity index is 610. The first-order chi connectivity index (χ1) is 10.3. The summed E-state index contributed by atoms with van der Waals surface area (Å²) in [5.41, 5.74) is 1.60. The molecule has 2 aromatic rings. The van der Waals surface area contributed by atoms with E-state index in [2.05, 4.69) is 25.5 Å². The zero-order valence-electron chi connectivity index (χ0n) is 11.6. The smallest absolute Gasteiger partial charge is 0.260 e. The second-order valence-electron chi connectivity index (χ2n) is 4.78. The minimum Gasteiger partial charge on any atom is -0.368 e. The Kier molecular flexibility index (Phi) is 4.07. The van der Waals surface area contributed by atoms with Crippen molar-refractivity contribution < 1.29 is 4.79 Å². The number of carbonyl (C=O) groups excluding carboxylic acids is 1. The van der Waals surface area contributed by atoms with Gasteiger partial charge in [-0.05, 0) is 18.2 Å². The van der Waals surface area contributed by atoms with Crippen LogP contribution < -0.4 is 15.5 Å². The lowest BCUT2D eigenvalue weighted by Gasteiger charge is -2.30. The van der Waals surface area contributed by atoms with Gasteiger partial charge in [-0.15, -0.1) is 0 Å². The largest absolute Gasteiger partial charge is 0.368 e. The van der Waals surface area contributed by atoms with E-state index in [4.69, 9.17) is 0 Å². The molecular formula is C15H17N5O. The number of aromatic nitrogens is 2. The van der Waals surface area contributed by atoms with Gasteiger partial charge in [-0.2, -0.15) is 0 Å². The fourth-order valence-electron chi connectivity index (χ4n) is 2.38. The van der Waals surface area contributed by atoms with Crippen LogP contribution in [0.2, 0.25) is 0 Å². The topological polar surface area (TPSA) is 70.2 Å². The fraction of sp³-hybridized carbons (Fsp3) is 0.267. The van der Waals surface area contributed by atoms with Crippen LogP contribution in [0.15, 0.2) is 42.7 Å². The molecule has 3 rings (SSSR count). The number of piperazine rings is 1. The number of hydrogen-bond acceptors (Lipinski definition) is 5. The Labute approximate surface area is 123 Å². The Morgan fingerprint density at radius 1 is 1.10 bits per heavy atom. The van der Waals surface area contributed by atoms with Crippen molar-refractivity contribution in [2.75, 3.05) is 36.4 Å². The third-order valence-electron chi connectivity index (χ3n) is 3.40. The molecule has 108 valence electrons. The molecule has 1 aliphatic rings. The van der Waals surface area contributed by atoms with E-state index in [0.717, 1.165) is 31.9 Å². The van der Waals surface area contributed by atoms with Crippen LogP contribution in [-0.2, 0) is 0 Å². The SMILES string of the molecule is O=C(Nc1ncccn1)c1ccccc1N1CCNCC1. The van der Waals surface area contributed by atoms with E-state index in [1.807, 2.05) is 24.3 Å². The number of rotatable bonds is 3. The molecule has 0 atom stereocenters. The Morgan fingerprint density at radius 3 is 2.57 bits per heavy atom. The van der Waals surface area contributed by atoms with Crippen LogP contribution in [0.1, 0.15) is 10.4 Å². The zero-order valence-corrected chi connectivity index (χ0v) is 11.6. The van der Waals surface area contributed by atoms with Gasteiger partial charge in [0.15, 0.2) is 0 Å². The molecule has 1 saturated heterocycles. The van der Waals surface area contributed by atoms with Crippen molar-refractivity contribution in [2.24, 2.45) is 0 Å². The lowest BCUT2D eigenvalue weighted by atomic mass is 10.1. The molecule has 2 N–H and O–H groups in total. The summed E-state index contributed by atoms with van der Waals surface area (Å²) in [5.74, 6) is 0.132. The number of anilines is 2. The molecule has 6 heteroatoms. The van der Waals surface area contributed by atoms with Gasteiger partial charge >= 0.3 is 0 Å². The molecule has 21 heavy (non-hydrogen) atoms. The molecule has 1 aromatic carbocycles. The quantitative estimate of drug-likeness (QED) is 0.884. The Hall–Kier alpha value is -2.47. The minimum absolute atomic E-state index is 0.185. The maximum absolute atomic E-state index is 12.4. The summed E-state index contributed by atoms with van der Waals surface area (Å²) in [7, 11) is 0. The predicted octanol–water partition coefficient (Wildman–Crippen LogP) is 1.14. The van der Waals surface area contributed by atoms with Crippen molar-refractivity contribution in [1.29, 1.82) is 0 Å². The number of hydrogen-bond donors (Lipinski definition) is 2. The fourth-order valence-corrected chi connectivity index (χ4v) is 2.38. The number of para-hydroxylation sites is 1. The predicted molar refractivity (Wildman–Crippen MR) is 81.5 cm³/mol. The summed E-state index contributed by atoms with van der Waals surface area (Å²) < 4.78 is 0. The molecule has 1 amide bonds. The summed E-state index contributed by atoms with van der Waals surface area (Å²) in [4.78, 5) is 22.7. The van der Waals surface area contributed by atoms with Crippen LogP contribution in [0.5, 0.6) is 0 Å². The van der Waals surface area contributed by atoms with Gasteiger partial charge in [-0.25, -0.2) is 9.97 Å². The monoisotopic (exact) mass is 283 g/mol. The molecule has 0 bridgehead atoms. The molecule has 1 aromatic heterocycles. The molecule has 6 nitrogen and oxygen atoms in total. The van der Waals surface area contributed by atoms with Crippen molar-refractivity contribution in [2.45, 2.75) is 0 Å². The summed E-state index contributed by atoms with van der Waals surface area (Å²) in [5, 5.41) is 6.05. The lowest BCUT2D eigenvalue weighted by Crippen LogP contribution is -2.44. The normalized spacial score (nSPS) is 14.8. The van der Waals surface area contributed by atoms with Crippen LogP contribution in [0.3, 0.4) is 0 Å². The van der Waals surface area contributed by atoms with Crippen LogP contribution in [0.25, 0.3) is 0 Å². The molecule has 2 heterocycles. The molecule has 0 radical (unpaired) electrons. The first kappa shape index (κ1) is 13.5. The molecule has 1 aliphatic heterocycles. The first-order valence-electron chi connectivity index (χ1n) is 6.97. The van der Waals surface area contributed by atoms with Gasteiger partial charge in [0.2, 0.25) is 5.95 Å². The summed E-state index contributed by atoms with van der Waals surface area (Å²) in [6.45, 7) is 3.65. The van der Waals surface area contributed by atoms with Crippen LogP contribution >= 0.6 is 0 Å². The first-order valence-corrected chi connectivity index (χ1v) is 6.97. The average molecular weight is 283 g/mol. The van der Waals surface area contributed by atoms with Gasteiger partial charge in [-0.3, -0.25) is 10.1 Å². The van der Waals surface area contributed by atoms with Crippen molar-refractivity contribution in [1.82, 2.24) is 15.3 Å². The van der Waals surface area contributed by atoms with Crippen molar-refractivity contribution >= 4 is 17.5 Å². The van der Waals surface area contributed by atoms with E-state index >= 15 is 0 Å². The number of carbonyl (C=O) groups is 1. The molecule has 1 fully saturated rings. The van der Waals surface area contributed by atoms with Crippen molar-refractivity contribution in [3.05, 3.63) is 48.3 Å². The van der Waals surface area contributed by atoms with Gasteiger partial charge < -0.3 is 10.2 Å². The highest BCUT2D eigenvalue weighted by molar-refractivity contribution is 6.07. The van der Waals surface area contributed by atoms with Crippen molar-refractivity contribution in [3.8, 4) is 0 Å². The van der Waals surface area contributed by atoms with E-state index in [1.54, 1.807) is 18.5 Å². The maximum atomic E-state index is 12.4. The van der Waals surface area contributed by atoms with Gasteiger partial charge in [0.1, 0.15) is 0 Å². The average Bonchev–Trinajstić information content (AvgIpc) is 2.56. The highest BCUT2D eigenvalue weighted by Crippen LogP contribution is 2.21. The number of nitrogens with zero attached hydrogens (tertiary/aromatic N) is 3. The Morgan fingerprint density at radius 2 is 1.81 bits per heavy atom. The maximum Gasteiger partial charge on any atom is 0.260 e. The zero-order chi connectivity index (χ0) is 14.5. The van der Waals surface area contributed by atoms with E-state index in [-0.39, 0.29) is 5.91 Å². The number of benzene rings is 1. The second kappa shape index (κ2) is 6.32.